The molecule has 0 saturated carbocycles. The Bertz CT molecular complexity index is 258. The van der Waals surface area contributed by atoms with Gasteiger partial charge in [0.05, 0.1) is 0 Å². The molecule has 1 aromatic rings. The van der Waals surface area contributed by atoms with Crippen molar-refractivity contribution in [2.75, 3.05) is 0 Å². The summed E-state index contributed by atoms with van der Waals surface area (Å²) in [5.41, 5.74) is 1.81. The second-order valence-electron chi connectivity index (χ2n) is 2.81. The predicted octanol–water partition coefficient (Wildman–Crippen LogP) is 3.67. The van der Waals surface area contributed by atoms with E-state index in [1.54, 1.807) is 6.07 Å². The third-order valence-electron chi connectivity index (χ3n) is 1.80. The Morgan fingerprint density at radius 3 is 2.67 bits per heavy atom. The molecule has 2 heteroatoms. The van der Waals surface area contributed by atoms with Gasteiger partial charge in [0.1, 0.15) is 5.82 Å². The van der Waals surface area contributed by atoms with E-state index in [2.05, 4.69) is 22.9 Å². The Labute approximate surface area is 80.9 Å². The fraction of sp³-hybridized carbons (Fsp3) is 0.400. The highest BCUT2D eigenvalue weighted by Crippen LogP contribution is 2.14. The monoisotopic (exact) mass is 230 g/mol. The Morgan fingerprint density at radius 1 is 1.42 bits per heavy atom. The Kier molecular flexibility index (Phi) is 3.73. The van der Waals surface area contributed by atoms with Gasteiger partial charge in [-0.1, -0.05) is 41.4 Å². The smallest absolute Gasteiger partial charge is 0.127 e. The first kappa shape index (κ1) is 9.72. The largest absolute Gasteiger partial charge is 0.207 e. The van der Waals surface area contributed by atoms with Gasteiger partial charge in [0, 0.05) is 5.33 Å². The van der Waals surface area contributed by atoms with Gasteiger partial charge in [0.25, 0.3) is 0 Å². The van der Waals surface area contributed by atoms with Crippen molar-refractivity contribution in [1.29, 1.82) is 0 Å². The maximum atomic E-state index is 13.1. The lowest BCUT2D eigenvalue weighted by atomic mass is 10.1. The molecule has 0 aliphatic heterocycles. The van der Waals surface area contributed by atoms with Gasteiger partial charge in [-0.2, -0.15) is 0 Å². The Morgan fingerprint density at radius 2 is 2.17 bits per heavy atom. The van der Waals surface area contributed by atoms with Crippen molar-refractivity contribution in [3.63, 3.8) is 0 Å². The highest BCUT2D eigenvalue weighted by Gasteiger charge is 2.00. The number of aryl methyl sites for hydroxylation is 1. The number of benzene rings is 1. The number of halogens is 2. The molecule has 66 valence electrons. The van der Waals surface area contributed by atoms with Crippen LogP contribution in [-0.4, -0.2) is 0 Å². The van der Waals surface area contributed by atoms with E-state index in [1.807, 2.05) is 12.1 Å². The van der Waals surface area contributed by atoms with Crippen LogP contribution in [0.5, 0.6) is 0 Å². The van der Waals surface area contributed by atoms with Crippen molar-refractivity contribution in [2.24, 2.45) is 0 Å². The summed E-state index contributed by atoms with van der Waals surface area (Å²) in [4.78, 5) is 0. The van der Waals surface area contributed by atoms with Crippen molar-refractivity contribution in [2.45, 2.75) is 25.1 Å². The van der Waals surface area contributed by atoms with Gasteiger partial charge in [-0.05, 0) is 23.6 Å². The molecular formula is C10H12BrF. The normalized spacial score (nSPS) is 10.2. The SMILES string of the molecule is CCCc1ccc(CBr)c(F)c1. The highest BCUT2D eigenvalue weighted by molar-refractivity contribution is 9.08. The molecule has 0 atom stereocenters. The summed E-state index contributed by atoms with van der Waals surface area (Å²) >= 11 is 3.23. The van der Waals surface area contributed by atoms with E-state index >= 15 is 0 Å². The van der Waals surface area contributed by atoms with Crippen LogP contribution in [0.3, 0.4) is 0 Å². The Balaban J connectivity index is 2.86. The molecule has 0 bridgehead atoms. The molecular weight excluding hydrogens is 219 g/mol. The quantitative estimate of drug-likeness (QED) is 0.696. The maximum absolute atomic E-state index is 13.1. The Hall–Kier alpha value is -0.370. The van der Waals surface area contributed by atoms with Crippen LogP contribution in [0.15, 0.2) is 18.2 Å². The van der Waals surface area contributed by atoms with Crippen molar-refractivity contribution in [3.8, 4) is 0 Å². The first-order chi connectivity index (χ1) is 5.77. The molecule has 0 spiro atoms. The van der Waals surface area contributed by atoms with Crippen LogP contribution in [0.4, 0.5) is 4.39 Å². The molecule has 0 heterocycles. The summed E-state index contributed by atoms with van der Waals surface area (Å²) in [6, 6.07) is 5.46. The lowest BCUT2D eigenvalue weighted by molar-refractivity contribution is 0.615. The van der Waals surface area contributed by atoms with E-state index in [1.165, 1.54) is 0 Å². The molecule has 12 heavy (non-hydrogen) atoms. The van der Waals surface area contributed by atoms with E-state index in [-0.39, 0.29) is 5.82 Å². The molecule has 0 unspecified atom stereocenters. The second-order valence-corrected chi connectivity index (χ2v) is 3.37. The molecule has 0 aromatic heterocycles. The molecule has 0 amide bonds. The number of hydrogen-bond donors (Lipinski definition) is 0. The van der Waals surface area contributed by atoms with Crippen LogP contribution in [0.2, 0.25) is 0 Å². The van der Waals surface area contributed by atoms with Crippen LogP contribution in [0.25, 0.3) is 0 Å². The summed E-state index contributed by atoms with van der Waals surface area (Å²) < 4.78 is 13.1. The van der Waals surface area contributed by atoms with Crippen LogP contribution < -0.4 is 0 Å². The van der Waals surface area contributed by atoms with Gasteiger partial charge >= 0.3 is 0 Å². The van der Waals surface area contributed by atoms with E-state index in [4.69, 9.17) is 0 Å². The zero-order valence-corrected chi connectivity index (χ0v) is 8.70. The first-order valence-corrected chi connectivity index (χ1v) is 5.23. The molecule has 0 aliphatic rings. The third kappa shape index (κ3) is 2.31. The maximum Gasteiger partial charge on any atom is 0.127 e. The molecule has 0 saturated heterocycles. The van der Waals surface area contributed by atoms with Gasteiger partial charge in [-0.25, -0.2) is 4.39 Å². The van der Waals surface area contributed by atoms with Crippen molar-refractivity contribution in [3.05, 3.63) is 35.1 Å². The summed E-state index contributed by atoms with van der Waals surface area (Å²) in [6.07, 6.45) is 2.02. The van der Waals surface area contributed by atoms with Crippen molar-refractivity contribution >= 4 is 15.9 Å². The van der Waals surface area contributed by atoms with Gasteiger partial charge in [-0.15, -0.1) is 0 Å². The van der Waals surface area contributed by atoms with E-state index in [9.17, 15) is 4.39 Å². The topological polar surface area (TPSA) is 0 Å². The predicted molar refractivity (Wildman–Crippen MR) is 53.0 cm³/mol. The zero-order chi connectivity index (χ0) is 8.97. The molecule has 0 radical (unpaired) electrons. The summed E-state index contributed by atoms with van der Waals surface area (Å²) in [6.45, 7) is 2.09. The zero-order valence-electron chi connectivity index (χ0n) is 7.11. The average molecular weight is 231 g/mol. The summed E-state index contributed by atoms with van der Waals surface area (Å²) in [5, 5.41) is 0.589. The van der Waals surface area contributed by atoms with E-state index < -0.39 is 0 Å². The van der Waals surface area contributed by atoms with Crippen molar-refractivity contribution < 1.29 is 4.39 Å². The molecule has 0 nitrogen and oxygen atoms in total. The van der Waals surface area contributed by atoms with Crippen LogP contribution >= 0.6 is 15.9 Å². The first-order valence-electron chi connectivity index (χ1n) is 4.11. The molecule has 0 fully saturated rings. The number of rotatable bonds is 3. The molecule has 0 N–H and O–H groups in total. The standard InChI is InChI=1S/C10H12BrF/c1-2-3-8-4-5-9(7-11)10(12)6-8/h4-6H,2-3,7H2,1H3. The highest BCUT2D eigenvalue weighted by atomic mass is 79.9. The minimum atomic E-state index is -0.0992. The molecule has 1 aromatic carbocycles. The van der Waals surface area contributed by atoms with Gasteiger partial charge < -0.3 is 0 Å². The summed E-state index contributed by atoms with van der Waals surface area (Å²) in [7, 11) is 0. The van der Waals surface area contributed by atoms with Gasteiger partial charge in [0.2, 0.25) is 0 Å². The third-order valence-corrected chi connectivity index (χ3v) is 2.40. The van der Waals surface area contributed by atoms with E-state index in [0.29, 0.717) is 5.33 Å². The lowest BCUT2D eigenvalue weighted by Gasteiger charge is -2.01. The van der Waals surface area contributed by atoms with Gasteiger partial charge in [0.15, 0.2) is 0 Å². The fourth-order valence-corrected chi connectivity index (χ4v) is 1.60. The fourth-order valence-electron chi connectivity index (χ4n) is 1.14. The van der Waals surface area contributed by atoms with E-state index in [0.717, 1.165) is 24.0 Å². The average Bonchev–Trinajstić information content (AvgIpc) is 2.05. The number of alkyl halides is 1. The molecule has 0 aliphatic carbocycles. The van der Waals surface area contributed by atoms with Crippen LogP contribution in [0.1, 0.15) is 24.5 Å². The lowest BCUT2D eigenvalue weighted by Crippen LogP contribution is -1.89. The van der Waals surface area contributed by atoms with Gasteiger partial charge in [-0.3, -0.25) is 0 Å². The minimum absolute atomic E-state index is 0.0992. The minimum Gasteiger partial charge on any atom is -0.207 e. The number of hydrogen-bond acceptors (Lipinski definition) is 0. The summed E-state index contributed by atoms with van der Waals surface area (Å²) in [5.74, 6) is -0.0992. The molecule has 1 rings (SSSR count). The van der Waals surface area contributed by atoms with Crippen LogP contribution in [-0.2, 0) is 11.8 Å². The van der Waals surface area contributed by atoms with Crippen molar-refractivity contribution in [1.82, 2.24) is 0 Å². The van der Waals surface area contributed by atoms with Crippen LogP contribution in [0, 0.1) is 5.82 Å². The second kappa shape index (κ2) is 4.61.